The molecule has 1 fully saturated rings. The van der Waals surface area contributed by atoms with Crippen molar-refractivity contribution in [3.8, 4) is 0 Å². The van der Waals surface area contributed by atoms with Crippen molar-refractivity contribution in [1.82, 2.24) is 5.32 Å². The zero-order chi connectivity index (χ0) is 13.9. The first-order valence-electron chi connectivity index (χ1n) is 6.21. The van der Waals surface area contributed by atoms with E-state index in [2.05, 4.69) is 10.6 Å². The highest BCUT2D eigenvalue weighted by Crippen LogP contribution is 2.35. The molecule has 2 rings (SSSR count). The number of hydrogen-bond donors (Lipinski definition) is 2. The summed E-state index contributed by atoms with van der Waals surface area (Å²) in [5, 5.41) is 5.99. The maximum Gasteiger partial charge on any atom is 0.418 e. The topological polar surface area (TPSA) is 24.1 Å². The van der Waals surface area contributed by atoms with Crippen LogP contribution in [0.4, 0.5) is 23.2 Å². The van der Waals surface area contributed by atoms with E-state index in [0.717, 1.165) is 25.6 Å². The first-order chi connectivity index (χ1) is 9.00. The number of alkyl halides is 4. The number of benzene rings is 1. The first-order valence-corrected chi connectivity index (χ1v) is 6.21. The summed E-state index contributed by atoms with van der Waals surface area (Å²) in [4.78, 5) is 0. The van der Waals surface area contributed by atoms with E-state index in [-0.39, 0.29) is 11.3 Å². The minimum absolute atomic E-state index is 0.0246. The van der Waals surface area contributed by atoms with Gasteiger partial charge in [-0.15, -0.1) is 0 Å². The van der Waals surface area contributed by atoms with Gasteiger partial charge in [-0.2, -0.15) is 13.2 Å². The zero-order valence-electron chi connectivity index (χ0n) is 10.4. The van der Waals surface area contributed by atoms with E-state index in [4.69, 9.17) is 0 Å². The van der Waals surface area contributed by atoms with Crippen LogP contribution in [0, 0.1) is 5.92 Å². The third-order valence-electron chi connectivity index (χ3n) is 3.29. The molecule has 1 aromatic rings. The van der Waals surface area contributed by atoms with Crippen molar-refractivity contribution >= 4 is 5.69 Å². The second kappa shape index (κ2) is 5.77. The predicted octanol–water partition coefficient (Wildman–Crippen LogP) is 3.20. The zero-order valence-corrected chi connectivity index (χ0v) is 10.4. The fourth-order valence-electron chi connectivity index (χ4n) is 2.21. The van der Waals surface area contributed by atoms with Gasteiger partial charge in [0.1, 0.15) is 6.67 Å². The van der Waals surface area contributed by atoms with Crippen LogP contribution in [0.1, 0.15) is 17.5 Å². The number of halogens is 4. The summed E-state index contributed by atoms with van der Waals surface area (Å²) in [5.41, 5.74) is -0.731. The molecule has 2 N–H and O–H groups in total. The van der Waals surface area contributed by atoms with E-state index in [1.165, 1.54) is 12.1 Å². The van der Waals surface area contributed by atoms with Crippen molar-refractivity contribution in [3.63, 3.8) is 0 Å². The largest absolute Gasteiger partial charge is 0.418 e. The van der Waals surface area contributed by atoms with Crippen LogP contribution in [0.5, 0.6) is 0 Å². The summed E-state index contributed by atoms with van der Waals surface area (Å²) in [6.45, 7) is 1.32. The Hall–Kier alpha value is -1.30. The van der Waals surface area contributed by atoms with Gasteiger partial charge < -0.3 is 10.6 Å². The highest BCUT2D eigenvalue weighted by atomic mass is 19.4. The van der Waals surface area contributed by atoms with E-state index in [9.17, 15) is 17.6 Å². The Morgan fingerprint density at radius 1 is 1.32 bits per heavy atom. The van der Waals surface area contributed by atoms with Gasteiger partial charge in [-0.3, -0.25) is 0 Å². The number of hydrogen-bond acceptors (Lipinski definition) is 2. The molecule has 1 heterocycles. The number of anilines is 1. The molecular formula is C13H16F4N2. The van der Waals surface area contributed by atoms with Crippen LogP contribution in [0.2, 0.25) is 0 Å². The molecule has 0 aromatic heterocycles. The van der Waals surface area contributed by atoms with Crippen molar-refractivity contribution in [3.05, 3.63) is 29.3 Å². The van der Waals surface area contributed by atoms with Crippen molar-refractivity contribution < 1.29 is 17.6 Å². The molecule has 0 spiro atoms. The van der Waals surface area contributed by atoms with Crippen LogP contribution < -0.4 is 10.6 Å². The molecule has 0 radical (unpaired) electrons. The molecule has 19 heavy (non-hydrogen) atoms. The molecule has 1 atom stereocenters. The third kappa shape index (κ3) is 3.59. The van der Waals surface area contributed by atoms with Crippen LogP contribution >= 0.6 is 0 Å². The molecule has 1 saturated heterocycles. The smallest absolute Gasteiger partial charge is 0.384 e. The van der Waals surface area contributed by atoms with Gasteiger partial charge in [-0.25, -0.2) is 4.39 Å². The van der Waals surface area contributed by atoms with Gasteiger partial charge in [-0.1, -0.05) is 6.07 Å². The van der Waals surface area contributed by atoms with Crippen LogP contribution in [0.25, 0.3) is 0 Å². The Labute approximate surface area is 109 Å². The van der Waals surface area contributed by atoms with Gasteiger partial charge in [0, 0.05) is 12.2 Å². The summed E-state index contributed by atoms with van der Waals surface area (Å²) in [7, 11) is 0. The van der Waals surface area contributed by atoms with Gasteiger partial charge in [0.2, 0.25) is 0 Å². The van der Waals surface area contributed by atoms with Crippen LogP contribution in [0.15, 0.2) is 18.2 Å². The molecule has 0 amide bonds. The monoisotopic (exact) mass is 276 g/mol. The minimum Gasteiger partial charge on any atom is -0.384 e. The number of nitrogens with one attached hydrogen (secondary N) is 2. The van der Waals surface area contributed by atoms with Crippen molar-refractivity contribution in [2.75, 3.05) is 25.0 Å². The highest BCUT2D eigenvalue weighted by Gasteiger charge is 2.34. The molecule has 6 heteroatoms. The van der Waals surface area contributed by atoms with E-state index >= 15 is 0 Å². The minimum atomic E-state index is -4.47. The lowest BCUT2D eigenvalue weighted by Crippen LogP contribution is -2.19. The molecule has 0 bridgehead atoms. The summed E-state index contributed by atoms with van der Waals surface area (Å²) in [6.07, 6.45) is -3.52. The standard InChI is InChI=1S/C13H16F4N2/c14-6-9-1-2-12(11(5-9)13(15,16)17)19-8-10-3-4-18-7-10/h1-2,5,10,18-19H,3-4,6-8H2. The fourth-order valence-corrected chi connectivity index (χ4v) is 2.21. The van der Waals surface area contributed by atoms with E-state index < -0.39 is 18.4 Å². The van der Waals surface area contributed by atoms with Crippen molar-refractivity contribution in [2.24, 2.45) is 5.92 Å². The lowest BCUT2D eigenvalue weighted by Gasteiger charge is -2.17. The van der Waals surface area contributed by atoms with E-state index in [0.29, 0.717) is 12.5 Å². The molecule has 1 unspecified atom stereocenters. The van der Waals surface area contributed by atoms with Crippen LogP contribution in [-0.2, 0) is 12.9 Å². The quantitative estimate of drug-likeness (QED) is 0.825. The van der Waals surface area contributed by atoms with Crippen LogP contribution in [-0.4, -0.2) is 19.6 Å². The maximum atomic E-state index is 12.9. The third-order valence-corrected chi connectivity index (χ3v) is 3.29. The molecule has 1 aliphatic heterocycles. The molecule has 106 valence electrons. The Kier molecular flexibility index (Phi) is 4.29. The molecule has 1 aliphatic rings. The van der Waals surface area contributed by atoms with Gasteiger partial charge in [0.15, 0.2) is 0 Å². The Balaban J connectivity index is 2.13. The Morgan fingerprint density at radius 2 is 2.11 bits per heavy atom. The normalized spacial score (nSPS) is 19.7. The lowest BCUT2D eigenvalue weighted by molar-refractivity contribution is -0.137. The van der Waals surface area contributed by atoms with Gasteiger partial charge in [0.05, 0.1) is 5.56 Å². The average molecular weight is 276 g/mol. The maximum absolute atomic E-state index is 12.9. The van der Waals surface area contributed by atoms with E-state index in [1.807, 2.05) is 0 Å². The van der Waals surface area contributed by atoms with E-state index in [1.54, 1.807) is 0 Å². The summed E-state index contributed by atoms with van der Waals surface area (Å²) in [5.74, 6) is 0.335. The average Bonchev–Trinajstić information content (AvgIpc) is 2.88. The lowest BCUT2D eigenvalue weighted by atomic mass is 10.1. The summed E-state index contributed by atoms with van der Waals surface area (Å²) < 4.78 is 51.1. The second-order valence-electron chi connectivity index (χ2n) is 4.75. The summed E-state index contributed by atoms with van der Waals surface area (Å²) in [6, 6.07) is 3.56. The van der Waals surface area contributed by atoms with Gasteiger partial charge in [0.25, 0.3) is 0 Å². The molecule has 0 saturated carbocycles. The highest BCUT2D eigenvalue weighted by molar-refractivity contribution is 5.54. The fraction of sp³-hybridized carbons (Fsp3) is 0.538. The molecule has 1 aromatic carbocycles. The molecule has 0 aliphatic carbocycles. The van der Waals surface area contributed by atoms with Crippen molar-refractivity contribution in [1.29, 1.82) is 0 Å². The van der Waals surface area contributed by atoms with Crippen LogP contribution in [0.3, 0.4) is 0 Å². The predicted molar refractivity (Wildman–Crippen MR) is 65.7 cm³/mol. The Bertz CT molecular complexity index is 425. The summed E-state index contributed by atoms with van der Waals surface area (Å²) >= 11 is 0. The first kappa shape index (κ1) is 14.1. The number of rotatable bonds is 4. The second-order valence-corrected chi connectivity index (χ2v) is 4.75. The molecule has 2 nitrogen and oxygen atoms in total. The van der Waals surface area contributed by atoms with Gasteiger partial charge >= 0.3 is 6.18 Å². The van der Waals surface area contributed by atoms with Crippen molar-refractivity contribution in [2.45, 2.75) is 19.3 Å². The van der Waals surface area contributed by atoms with Gasteiger partial charge in [-0.05, 0) is 43.1 Å². The Morgan fingerprint density at radius 3 is 2.68 bits per heavy atom. The molecular weight excluding hydrogens is 260 g/mol. The SMILES string of the molecule is FCc1ccc(NCC2CCNC2)c(C(F)(F)F)c1.